The second-order valence-electron chi connectivity index (χ2n) is 4.79. The SMILES string of the molecule is CC(C)C(=O)N1CCCC(CCO)CC1. The second kappa shape index (κ2) is 6.11. The predicted molar refractivity (Wildman–Crippen MR) is 60.5 cm³/mol. The van der Waals surface area contributed by atoms with Crippen LogP contribution in [0.25, 0.3) is 0 Å². The Kier molecular flexibility index (Phi) is 5.09. The minimum atomic E-state index is 0.111. The monoisotopic (exact) mass is 213 g/mol. The molecule has 1 fully saturated rings. The zero-order valence-electron chi connectivity index (χ0n) is 9.91. The van der Waals surface area contributed by atoms with E-state index in [0.717, 1.165) is 38.8 Å². The van der Waals surface area contributed by atoms with Crippen LogP contribution in [0.15, 0.2) is 0 Å². The van der Waals surface area contributed by atoms with Crippen LogP contribution in [0, 0.1) is 11.8 Å². The third-order valence-corrected chi connectivity index (χ3v) is 3.19. The molecule has 0 saturated carbocycles. The Labute approximate surface area is 92.5 Å². The van der Waals surface area contributed by atoms with Crippen LogP contribution in [0.4, 0.5) is 0 Å². The predicted octanol–water partition coefficient (Wildman–Crippen LogP) is 1.65. The molecule has 1 aliphatic heterocycles. The molecule has 0 radical (unpaired) electrons. The molecule has 0 aromatic carbocycles. The summed E-state index contributed by atoms with van der Waals surface area (Å²) in [5, 5.41) is 8.89. The lowest BCUT2D eigenvalue weighted by molar-refractivity contribution is -0.134. The first-order valence-corrected chi connectivity index (χ1v) is 6.04. The zero-order chi connectivity index (χ0) is 11.3. The number of nitrogens with zero attached hydrogens (tertiary/aromatic N) is 1. The van der Waals surface area contributed by atoms with Crippen LogP contribution in [-0.4, -0.2) is 35.6 Å². The average molecular weight is 213 g/mol. The highest BCUT2D eigenvalue weighted by Gasteiger charge is 2.21. The Balaban J connectivity index is 2.42. The molecule has 1 amide bonds. The largest absolute Gasteiger partial charge is 0.396 e. The normalized spacial score (nSPS) is 22.9. The molecule has 0 aliphatic carbocycles. The van der Waals surface area contributed by atoms with Crippen LogP contribution in [0.1, 0.15) is 39.5 Å². The molecule has 1 unspecified atom stereocenters. The number of aliphatic hydroxyl groups excluding tert-OH is 1. The highest BCUT2D eigenvalue weighted by atomic mass is 16.3. The van der Waals surface area contributed by atoms with Crippen molar-refractivity contribution in [3.8, 4) is 0 Å². The number of carbonyl (C=O) groups is 1. The quantitative estimate of drug-likeness (QED) is 0.774. The van der Waals surface area contributed by atoms with Crippen molar-refractivity contribution < 1.29 is 9.90 Å². The first-order valence-electron chi connectivity index (χ1n) is 6.04. The Morgan fingerprint density at radius 2 is 2.13 bits per heavy atom. The Hall–Kier alpha value is -0.570. The van der Waals surface area contributed by atoms with Gasteiger partial charge in [0, 0.05) is 25.6 Å². The van der Waals surface area contributed by atoms with E-state index in [2.05, 4.69) is 0 Å². The molecule has 0 bridgehead atoms. The van der Waals surface area contributed by atoms with Crippen molar-refractivity contribution in [2.24, 2.45) is 11.8 Å². The molecular formula is C12H23NO2. The second-order valence-corrected chi connectivity index (χ2v) is 4.79. The lowest BCUT2D eigenvalue weighted by Gasteiger charge is -2.22. The number of amides is 1. The molecule has 1 rings (SSSR count). The molecule has 1 aliphatic rings. The van der Waals surface area contributed by atoms with E-state index in [1.165, 1.54) is 0 Å². The van der Waals surface area contributed by atoms with Gasteiger partial charge in [-0.25, -0.2) is 0 Å². The molecule has 3 heteroatoms. The standard InChI is InChI=1S/C12H23NO2/c1-10(2)12(15)13-7-3-4-11(5-8-13)6-9-14/h10-11,14H,3-9H2,1-2H3. The molecule has 1 atom stereocenters. The minimum absolute atomic E-state index is 0.111. The highest BCUT2D eigenvalue weighted by molar-refractivity contribution is 5.78. The van der Waals surface area contributed by atoms with Crippen LogP contribution in [-0.2, 0) is 4.79 Å². The van der Waals surface area contributed by atoms with Crippen molar-refractivity contribution in [1.29, 1.82) is 0 Å². The van der Waals surface area contributed by atoms with Gasteiger partial charge in [-0.05, 0) is 31.6 Å². The van der Waals surface area contributed by atoms with Crippen molar-refractivity contribution in [2.75, 3.05) is 19.7 Å². The molecule has 3 nitrogen and oxygen atoms in total. The van der Waals surface area contributed by atoms with Gasteiger partial charge in [-0.2, -0.15) is 0 Å². The molecule has 1 heterocycles. The van der Waals surface area contributed by atoms with Gasteiger partial charge in [-0.15, -0.1) is 0 Å². The fourth-order valence-electron chi connectivity index (χ4n) is 2.22. The zero-order valence-corrected chi connectivity index (χ0v) is 9.91. The van der Waals surface area contributed by atoms with Crippen molar-refractivity contribution >= 4 is 5.91 Å². The molecule has 1 N–H and O–H groups in total. The number of carbonyl (C=O) groups excluding carboxylic acids is 1. The van der Waals surface area contributed by atoms with Crippen LogP contribution in [0.5, 0.6) is 0 Å². The summed E-state index contributed by atoms with van der Waals surface area (Å²) < 4.78 is 0. The van der Waals surface area contributed by atoms with Gasteiger partial charge in [-0.3, -0.25) is 4.79 Å². The lowest BCUT2D eigenvalue weighted by atomic mass is 9.98. The summed E-state index contributed by atoms with van der Waals surface area (Å²) in [6.45, 7) is 5.97. The summed E-state index contributed by atoms with van der Waals surface area (Å²) in [6.07, 6.45) is 4.19. The first-order chi connectivity index (χ1) is 7.15. The average Bonchev–Trinajstić information content (AvgIpc) is 2.43. The Morgan fingerprint density at radius 1 is 1.40 bits per heavy atom. The molecule has 0 aromatic rings. The number of rotatable bonds is 3. The number of likely N-dealkylation sites (tertiary alicyclic amines) is 1. The van der Waals surface area contributed by atoms with Crippen molar-refractivity contribution in [3.05, 3.63) is 0 Å². The van der Waals surface area contributed by atoms with E-state index in [4.69, 9.17) is 5.11 Å². The maximum atomic E-state index is 11.8. The van der Waals surface area contributed by atoms with Crippen molar-refractivity contribution in [2.45, 2.75) is 39.5 Å². The molecule has 0 spiro atoms. The maximum absolute atomic E-state index is 11.8. The van der Waals surface area contributed by atoms with Gasteiger partial charge in [-0.1, -0.05) is 13.8 Å². The summed E-state index contributed by atoms with van der Waals surface area (Å²) in [5.74, 6) is 0.999. The van der Waals surface area contributed by atoms with E-state index in [-0.39, 0.29) is 18.4 Å². The van der Waals surface area contributed by atoms with E-state index >= 15 is 0 Å². The third kappa shape index (κ3) is 3.82. The van der Waals surface area contributed by atoms with Gasteiger partial charge < -0.3 is 10.0 Å². The third-order valence-electron chi connectivity index (χ3n) is 3.19. The van der Waals surface area contributed by atoms with Crippen LogP contribution >= 0.6 is 0 Å². The molecule has 0 aromatic heterocycles. The van der Waals surface area contributed by atoms with Crippen LogP contribution in [0.3, 0.4) is 0 Å². The summed E-state index contributed by atoms with van der Waals surface area (Å²) >= 11 is 0. The van der Waals surface area contributed by atoms with E-state index < -0.39 is 0 Å². The Bertz CT molecular complexity index is 204. The molecule has 15 heavy (non-hydrogen) atoms. The van der Waals surface area contributed by atoms with E-state index in [1.54, 1.807) is 0 Å². The highest BCUT2D eigenvalue weighted by Crippen LogP contribution is 2.21. The number of hydrogen-bond acceptors (Lipinski definition) is 2. The van der Waals surface area contributed by atoms with Gasteiger partial charge in [0.05, 0.1) is 0 Å². The van der Waals surface area contributed by atoms with Crippen LogP contribution < -0.4 is 0 Å². The van der Waals surface area contributed by atoms with Gasteiger partial charge in [0.2, 0.25) is 5.91 Å². The smallest absolute Gasteiger partial charge is 0.225 e. The summed E-state index contributed by atoms with van der Waals surface area (Å²) in [4.78, 5) is 13.8. The first kappa shape index (κ1) is 12.5. The van der Waals surface area contributed by atoms with E-state index in [0.29, 0.717) is 5.92 Å². The van der Waals surface area contributed by atoms with Gasteiger partial charge in [0.15, 0.2) is 0 Å². The molecule has 88 valence electrons. The molecular weight excluding hydrogens is 190 g/mol. The summed E-state index contributed by atoms with van der Waals surface area (Å²) in [7, 11) is 0. The van der Waals surface area contributed by atoms with Gasteiger partial charge >= 0.3 is 0 Å². The molecule has 1 saturated heterocycles. The van der Waals surface area contributed by atoms with Gasteiger partial charge in [0.25, 0.3) is 0 Å². The van der Waals surface area contributed by atoms with Crippen molar-refractivity contribution in [3.63, 3.8) is 0 Å². The summed E-state index contributed by atoms with van der Waals surface area (Å²) in [5.41, 5.74) is 0. The van der Waals surface area contributed by atoms with E-state index in [1.807, 2.05) is 18.7 Å². The van der Waals surface area contributed by atoms with Gasteiger partial charge in [0.1, 0.15) is 0 Å². The van der Waals surface area contributed by atoms with Crippen LogP contribution in [0.2, 0.25) is 0 Å². The van der Waals surface area contributed by atoms with Crippen molar-refractivity contribution in [1.82, 2.24) is 4.90 Å². The fourth-order valence-corrected chi connectivity index (χ4v) is 2.22. The lowest BCUT2D eigenvalue weighted by Crippen LogP contribution is -2.35. The maximum Gasteiger partial charge on any atom is 0.225 e. The fraction of sp³-hybridized carbons (Fsp3) is 0.917. The topological polar surface area (TPSA) is 40.5 Å². The Morgan fingerprint density at radius 3 is 2.73 bits per heavy atom. The number of hydrogen-bond donors (Lipinski definition) is 1. The van der Waals surface area contributed by atoms with E-state index in [9.17, 15) is 4.79 Å². The minimum Gasteiger partial charge on any atom is -0.396 e. The number of aliphatic hydroxyl groups is 1. The summed E-state index contributed by atoms with van der Waals surface area (Å²) in [6, 6.07) is 0.